The Morgan fingerprint density at radius 3 is 2.60 bits per heavy atom. The van der Waals surface area contributed by atoms with Gasteiger partial charge in [-0.2, -0.15) is 16.4 Å². The van der Waals surface area contributed by atoms with E-state index in [0.717, 1.165) is 29.9 Å². The summed E-state index contributed by atoms with van der Waals surface area (Å²) in [7, 11) is 0. The molecule has 1 aliphatic heterocycles. The second-order valence-corrected chi connectivity index (χ2v) is 6.81. The Hall–Kier alpha value is -2.05. The van der Waals surface area contributed by atoms with Crippen molar-refractivity contribution >= 4 is 23.0 Å². The molecule has 4 nitrogen and oxygen atoms in total. The van der Waals surface area contributed by atoms with Crippen molar-refractivity contribution in [2.24, 2.45) is 5.10 Å². The number of likely N-dealkylation sites (N-methyl/N-ethyl adjacent to an activating group) is 1. The molecular weight excluding hydrogens is 337 g/mol. The van der Waals surface area contributed by atoms with Crippen LogP contribution < -0.4 is 0 Å². The molecule has 3 rings (SSSR count). The van der Waals surface area contributed by atoms with Crippen LogP contribution in [0.1, 0.15) is 37.4 Å². The lowest BCUT2D eigenvalue weighted by Gasteiger charge is -2.25. The second kappa shape index (κ2) is 7.89. The van der Waals surface area contributed by atoms with E-state index in [2.05, 4.69) is 10.0 Å². The summed E-state index contributed by atoms with van der Waals surface area (Å²) >= 11 is 1.61. The maximum atomic E-state index is 13.3. The third kappa shape index (κ3) is 3.96. The molecule has 0 radical (unpaired) electrons. The maximum absolute atomic E-state index is 13.3. The lowest BCUT2D eigenvalue weighted by Crippen LogP contribution is -2.38. The first kappa shape index (κ1) is 17.8. The molecule has 0 aliphatic carbocycles. The van der Waals surface area contributed by atoms with E-state index < -0.39 is 0 Å². The smallest absolute Gasteiger partial charge is 0.257 e. The predicted molar refractivity (Wildman–Crippen MR) is 99.2 cm³/mol. The molecule has 0 unspecified atom stereocenters. The lowest BCUT2D eigenvalue weighted by molar-refractivity contribution is -0.134. The Labute approximate surface area is 151 Å². The predicted octanol–water partition coefficient (Wildman–Crippen LogP) is 3.91. The summed E-state index contributed by atoms with van der Waals surface area (Å²) < 4.78 is 13.3. The van der Waals surface area contributed by atoms with E-state index in [0.29, 0.717) is 13.0 Å². The van der Waals surface area contributed by atoms with Crippen LogP contribution in [0.15, 0.2) is 46.2 Å². The quantitative estimate of drug-likeness (QED) is 0.784. The van der Waals surface area contributed by atoms with E-state index in [-0.39, 0.29) is 17.8 Å². The molecule has 2 heterocycles. The zero-order chi connectivity index (χ0) is 17.8. The average Bonchev–Trinajstić information content (AvgIpc) is 3.29. The van der Waals surface area contributed by atoms with Gasteiger partial charge >= 0.3 is 0 Å². The highest BCUT2D eigenvalue weighted by Gasteiger charge is 2.33. The molecule has 1 aliphatic rings. The van der Waals surface area contributed by atoms with E-state index in [1.165, 1.54) is 12.1 Å². The number of hydrogen-bond acceptors (Lipinski definition) is 4. The molecule has 0 saturated carbocycles. The molecule has 2 aromatic rings. The third-order valence-corrected chi connectivity index (χ3v) is 5.21. The Kier molecular flexibility index (Phi) is 5.60. The summed E-state index contributed by atoms with van der Waals surface area (Å²) in [5.41, 5.74) is 2.86. The molecule has 0 N–H and O–H groups in total. The van der Waals surface area contributed by atoms with Gasteiger partial charge in [-0.1, -0.05) is 26.0 Å². The van der Waals surface area contributed by atoms with Gasteiger partial charge < -0.3 is 0 Å². The minimum atomic E-state index is -0.276. The number of carbonyl (C=O) groups excluding carboxylic acids is 1. The molecule has 132 valence electrons. The summed E-state index contributed by atoms with van der Waals surface area (Å²) in [4.78, 5) is 14.9. The average molecular weight is 359 g/mol. The van der Waals surface area contributed by atoms with Crippen molar-refractivity contribution in [3.8, 4) is 0 Å². The normalized spacial score (nSPS) is 17.2. The molecule has 0 saturated heterocycles. The van der Waals surface area contributed by atoms with Gasteiger partial charge in [-0.25, -0.2) is 9.40 Å². The summed E-state index contributed by atoms with van der Waals surface area (Å²) in [5.74, 6) is -0.301. The molecule has 1 aromatic heterocycles. The first-order valence-electron chi connectivity index (χ1n) is 8.52. The van der Waals surface area contributed by atoms with Crippen molar-refractivity contribution in [1.29, 1.82) is 0 Å². The first-order chi connectivity index (χ1) is 12.1. The third-order valence-electron chi connectivity index (χ3n) is 4.53. The Balaban J connectivity index is 1.87. The van der Waals surface area contributed by atoms with Crippen LogP contribution in [0.25, 0.3) is 0 Å². The van der Waals surface area contributed by atoms with Crippen LogP contribution in [0.5, 0.6) is 0 Å². The fraction of sp³-hybridized carbons (Fsp3) is 0.368. The summed E-state index contributed by atoms with van der Waals surface area (Å²) in [6.07, 6.45) is 0.645. The van der Waals surface area contributed by atoms with Gasteiger partial charge in [-0.3, -0.25) is 9.69 Å². The van der Waals surface area contributed by atoms with Crippen molar-refractivity contribution in [3.63, 3.8) is 0 Å². The first-order valence-corrected chi connectivity index (χ1v) is 9.46. The summed E-state index contributed by atoms with van der Waals surface area (Å²) in [6.45, 7) is 6.05. The van der Waals surface area contributed by atoms with Crippen LogP contribution in [-0.2, 0) is 4.79 Å². The van der Waals surface area contributed by atoms with Crippen molar-refractivity contribution < 1.29 is 9.18 Å². The van der Waals surface area contributed by atoms with E-state index in [9.17, 15) is 9.18 Å². The van der Waals surface area contributed by atoms with Crippen molar-refractivity contribution in [2.45, 2.75) is 26.3 Å². The van der Waals surface area contributed by atoms with Gasteiger partial charge in [-0.15, -0.1) is 0 Å². The van der Waals surface area contributed by atoms with Crippen molar-refractivity contribution in [3.05, 3.63) is 58.0 Å². The highest BCUT2D eigenvalue weighted by molar-refractivity contribution is 7.08. The van der Waals surface area contributed by atoms with Gasteiger partial charge in [-0.05, 0) is 47.6 Å². The Morgan fingerprint density at radius 2 is 2.00 bits per heavy atom. The molecule has 6 heteroatoms. The minimum absolute atomic E-state index is 0.0248. The lowest BCUT2D eigenvalue weighted by atomic mass is 9.99. The number of hydrazone groups is 1. The molecular formula is C19H22FN3OS. The molecule has 0 fully saturated rings. The number of thiophene rings is 1. The fourth-order valence-corrected chi connectivity index (χ4v) is 3.66. The minimum Gasteiger partial charge on any atom is -0.295 e. The fourth-order valence-electron chi connectivity index (χ4n) is 3.00. The number of benzene rings is 1. The van der Waals surface area contributed by atoms with Gasteiger partial charge in [0, 0.05) is 12.0 Å². The van der Waals surface area contributed by atoms with Crippen LogP contribution in [0, 0.1) is 5.82 Å². The van der Waals surface area contributed by atoms with Crippen LogP contribution in [-0.4, -0.2) is 41.2 Å². The van der Waals surface area contributed by atoms with E-state index in [1.54, 1.807) is 28.5 Å². The Bertz CT molecular complexity index is 739. The molecule has 25 heavy (non-hydrogen) atoms. The molecule has 0 bridgehead atoms. The number of carbonyl (C=O) groups is 1. The van der Waals surface area contributed by atoms with Gasteiger partial charge in [0.25, 0.3) is 5.91 Å². The number of amides is 1. The van der Waals surface area contributed by atoms with Crippen LogP contribution >= 0.6 is 11.3 Å². The zero-order valence-electron chi connectivity index (χ0n) is 14.5. The summed E-state index contributed by atoms with van der Waals surface area (Å²) in [6, 6.07) is 8.19. The van der Waals surface area contributed by atoms with Gasteiger partial charge in [0.15, 0.2) is 0 Å². The Morgan fingerprint density at radius 1 is 1.28 bits per heavy atom. The van der Waals surface area contributed by atoms with E-state index in [1.807, 2.05) is 30.7 Å². The standard InChI is InChI=1S/C19H22FN3OS/c1-3-22(4-2)12-19(24)23-18(14-5-7-16(20)8-6-14)11-17(21-23)15-9-10-25-13-15/h5-10,13,18H,3-4,11-12H2,1-2H3/t18-/m1/s1. The van der Waals surface area contributed by atoms with Gasteiger partial charge in [0.2, 0.25) is 0 Å². The zero-order valence-corrected chi connectivity index (χ0v) is 15.3. The van der Waals surface area contributed by atoms with E-state index in [4.69, 9.17) is 0 Å². The van der Waals surface area contributed by atoms with Crippen molar-refractivity contribution in [1.82, 2.24) is 9.91 Å². The maximum Gasteiger partial charge on any atom is 0.257 e. The highest BCUT2D eigenvalue weighted by atomic mass is 32.1. The molecule has 0 spiro atoms. The second-order valence-electron chi connectivity index (χ2n) is 6.03. The monoisotopic (exact) mass is 359 g/mol. The molecule has 1 aromatic carbocycles. The number of halogens is 1. The van der Waals surface area contributed by atoms with Crippen molar-refractivity contribution in [2.75, 3.05) is 19.6 Å². The highest BCUT2D eigenvalue weighted by Crippen LogP contribution is 2.33. The van der Waals surface area contributed by atoms with E-state index >= 15 is 0 Å². The topological polar surface area (TPSA) is 35.9 Å². The van der Waals surface area contributed by atoms with Crippen LogP contribution in [0.3, 0.4) is 0 Å². The largest absolute Gasteiger partial charge is 0.295 e. The van der Waals surface area contributed by atoms with Crippen LogP contribution in [0.4, 0.5) is 4.39 Å². The van der Waals surface area contributed by atoms with Gasteiger partial charge in [0.1, 0.15) is 5.82 Å². The van der Waals surface area contributed by atoms with Crippen LogP contribution in [0.2, 0.25) is 0 Å². The SMILES string of the molecule is CCN(CC)CC(=O)N1N=C(c2ccsc2)C[C@@H]1c1ccc(F)cc1. The number of nitrogens with zero attached hydrogens (tertiary/aromatic N) is 3. The number of hydrogen-bond donors (Lipinski definition) is 0. The molecule has 1 amide bonds. The van der Waals surface area contributed by atoms with Gasteiger partial charge in [0.05, 0.1) is 18.3 Å². The molecule has 1 atom stereocenters. The summed E-state index contributed by atoms with van der Waals surface area (Å²) in [5, 5.41) is 10.2. The number of rotatable bonds is 6.